The summed E-state index contributed by atoms with van der Waals surface area (Å²) >= 11 is 0. The summed E-state index contributed by atoms with van der Waals surface area (Å²) in [4.78, 5) is 22.2. The number of amides is 1. The molecule has 0 atom stereocenters. The van der Waals surface area contributed by atoms with Gasteiger partial charge in [-0.3, -0.25) is 4.79 Å². The molecular weight excluding hydrogens is 348 g/mol. The van der Waals surface area contributed by atoms with Crippen LogP contribution in [0.5, 0.6) is 0 Å². The van der Waals surface area contributed by atoms with Crippen molar-refractivity contribution in [1.29, 1.82) is 0 Å². The first-order chi connectivity index (χ1) is 13.8. The van der Waals surface area contributed by atoms with E-state index in [2.05, 4.69) is 63.3 Å². The van der Waals surface area contributed by atoms with E-state index in [1.807, 2.05) is 17.0 Å². The van der Waals surface area contributed by atoms with Crippen LogP contribution in [0.15, 0.2) is 66.9 Å². The Morgan fingerprint density at radius 2 is 1.32 bits per heavy atom. The lowest BCUT2D eigenvalue weighted by Crippen LogP contribution is -2.48. The third-order valence-electron chi connectivity index (χ3n) is 5.82. The van der Waals surface area contributed by atoms with Crippen molar-refractivity contribution in [1.82, 2.24) is 9.88 Å². The monoisotopic (exact) mass is 372 g/mol. The molecule has 1 amide bonds. The quantitative estimate of drug-likeness (QED) is 0.765. The van der Waals surface area contributed by atoms with Gasteiger partial charge in [-0.05, 0) is 47.5 Å². The Morgan fingerprint density at radius 1 is 0.714 bits per heavy atom. The minimum atomic E-state index is 0.0913. The van der Waals surface area contributed by atoms with E-state index in [0.29, 0.717) is 5.69 Å². The Morgan fingerprint density at radius 3 is 1.89 bits per heavy atom. The van der Waals surface area contributed by atoms with Gasteiger partial charge in [0.2, 0.25) is 0 Å². The number of nitrogens with one attached hydrogen (secondary N) is 1. The van der Waals surface area contributed by atoms with Gasteiger partial charge < -0.3 is 19.7 Å². The van der Waals surface area contributed by atoms with Crippen molar-refractivity contribution < 1.29 is 4.79 Å². The Labute approximate surface area is 165 Å². The number of carbonyl (C=O) groups excluding carboxylic acids is 1. The van der Waals surface area contributed by atoms with Gasteiger partial charge in [0.25, 0.3) is 5.91 Å². The number of benzene rings is 2. The van der Waals surface area contributed by atoms with E-state index in [-0.39, 0.29) is 5.91 Å². The number of piperazine rings is 1. The highest BCUT2D eigenvalue weighted by molar-refractivity contribution is 5.92. The number of fused-ring (bicyclic) bond motifs is 1. The van der Waals surface area contributed by atoms with Gasteiger partial charge >= 0.3 is 0 Å². The van der Waals surface area contributed by atoms with Gasteiger partial charge in [0.05, 0.1) is 0 Å². The molecule has 5 heteroatoms. The van der Waals surface area contributed by atoms with Gasteiger partial charge in [-0.25, -0.2) is 0 Å². The number of H-pyrrole nitrogens is 1. The van der Waals surface area contributed by atoms with Crippen molar-refractivity contribution in [3.8, 4) is 0 Å². The molecule has 1 N–H and O–H groups in total. The number of carbonyl (C=O) groups is 1. The maximum atomic E-state index is 12.5. The number of anilines is 2. The molecule has 0 spiro atoms. The van der Waals surface area contributed by atoms with Crippen LogP contribution in [-0.2, 0) is 13.1 Å². The third kappa shape index (κ3) is 3.13. The van der Waals surface area contributed by atoms with Crippen LogP contribution < -0.4 is 9.80 Å². The van der Waals surface area contributed by atoms with Crippen LogP contribution in [0.4, 0.5) is 11.4 Å². The van der Waals surface area contributed by atoms with Crippen LogP contribution in [0.1, 0.15) is 21.6 Å². The fraction of sp³-hybridized carbons (Fsp3) is 0.261. The van der Waals surface area contributed by atoms with Crippen molar-refractivity contribution in [2.45, 2.75) is 13.1 Å². The first-order valence-corrected chi connectivity index (χ1v) is 9.87. The zero-order chi connectivity index (χ0) is 18.9. The standard InChI is InChI=1S/C23H24N4O/c28-23(22-6-3-11-24-22)26-14-12-25(13-15-26)20-7-9-21(10-8-20)27-16-18-4-1-2-5-19(18)17-27/h1-11,24H,12-17H2. The number of rotatable bonds is 3. The van der Waals surface area contributed by atoms with Crippen LogP contribution in [0, 0.1) is 0 Å². The van der Waals surface area contributed by atoms with Crippen LogP contribution >= 0.6 is 0 Å². The second-order valence-electron chi connectivity index (χ2n) is 7.50. The lowest BCUT2D eigenvalue weighted by molar-refractivity contribution is 0.0741. The number of aromatic nitrogens is 1. The Kier molecular flexibility index (Phi) is 4.28. The molecule has 1 aromatic heterocycles. The molecule has 0 bridgehead atoms. The van der Waals surface area contributed by atoms with Crippen LogP contribution in [-0.4, -0.2) is 42.0 Å². The Balaban J connectivity index is 1.21. The molecule has 0 saturated carbocycles. The lowest BCUT2D eigenvalue weighted by atomic mass is 10.1. The first kappa shape index (κ1) is 16.9. The molecule has 5 nitrogen and oxygen atoms in total. The van der Waals surface area contributed by atoms with Crippen molar-refractivity contribution in [3.05, 3.63) is 83.7 Å². The molecule has 3 heterocycles. The highest BCUT2D eigenvalue weighted by atomic mass is 16.2. The molecule has 0 aliphatic carbocycles. The fourth-order valence-corrected chi connectivity index (χ4v) is 4.19. The van der Waals surface area contributed by atoms with Gasteiger partial charge in [0.1, 0.15) is 5.69 Å². The average molecular weight is 372 g/mol. The smallest absolute Gasteiger partial charge is 0.270 e. The van der Waals surface area contributed by atoms with E-state index < -0.39 is 0 Å². The van der Waals surface area contributed by atoms with Crippen molar-refractivity contribution in [2.75, 3.05) is 36.0 Å². The summed E-state index contributed by atoms with van der Waals surface area (Å²) in [5.41, 5.74) is 6.02. The molecule has 1 saturated heterocycles. The normalized spacial score (nSPS) is 16.4. The largest absolute Gasteiger partial charge is 0.368 e. The molecular formula is C23H24N4O. The highest BCUT2D eigenvalue weighted by Crippen LogP contribution is 2.29. The Hall–Kier alpha value is -3.21. The SMILES string of the molecule is O=C(c1ccc[nH]1)N1CCN(c2ccc(N3Cc4ccccc4C3)cc2)CC1. The summed E-state index contributed by atoms with van der Waals surface area (Å²) in [6.07, 6.45) is 1.80. The summed E-state index contributed by atoms with van der Waals surface area (Å²) in [6, 6.07) is 21.2. The molecule has 5 rings (SSSR count). The van der Waals surface area contributed by atoms with E-state index in [4.69, 9.17) is 0 Å². The third-order valence-corrected chi connectivity index (χ3v) is 5.82. The van der Waals surface area contributed by atoms with E-state index >= 15 is 0 Å². The molecule has 3 aromatic rings. The number of nitrogens with zero attached hydrogens (tertiary/aromatic N) is 3. The lowest BCUT2D eigenvalue weighted by Gasteiger charge is -2.36. The predicted octanol–water partition coefficient (Wildman–Crippen LogP) is 3.50. The number of aromatic amines is 1. The van der Waals surface area contributed by atoms with Crippen LogP contribution in [0.2, 0.25) is 0 Å². The van der Waals surface area contributed by atoms with Crippen LogP contribution in [0.3, 0.4) is 0 Å². The number of hydrogen-bond donors (Lipinski definition) is 1. The maximum absolute atomic E-state index is 12.5. The predicted molar refractivity (Wildman–Crippen MR) is 112 cm³/mol. The summed E-state index contributed by atoms with van der Waals surface area (Å²) in [5, 5.41) is 0. The van der Waals surface area contributed by atoms with Crippen molar-refractivity contribution in [2.24, 2.45) is 0 Å². The van der Waals surface area contributed by atoms with E-state index in [1.165, 1.54) is 22.5 Å². The molecule has 142 valence electrons. The van der Waals surface area contributed by atoms with E-state index in [0.717, 1.165) is 39.3 Å². The summed E-state index contributed by atoms with van der Waals surface area (Å²) in [7, 11) is 0. The zero-order valence-electron chi connectivity index (χ0n) is 15.8. The van der Waals surface area contributed by atoms with Gasteiger partial charge in [-0.15, -0.1) is 0 Å². The molecule has 0 unspecified atom stereocenters. The van der Waals surface area contributed by atoms with Crippen molar-refractivity contribution >= 4 is 17.3 Å². The summed E-state index contributed by atoms with van der Waals surface area (Å²) < 4.78 is 0. The minimum absolute atomic E-state index is 0.0913. The first-order valence-electron chi connectivity index (χ1n) is 9.87. The second-order valence-corrected chi connectivity index (χ2v) is 7.50. The molecule has 0 radical (unpaired) electrons. The van der Waals surface area contributed by atoms with Gasteiger partial charge in [-0.1, -0.05) is 24.3 Å². The van der Waals surface area contributed by atoms with Gasteiger partial charge in [0, 0.05) is 56.8 Å². The van der Waals surface area contributed by atoms with E-state index in [9.17, 15) is 4.79 Å². The van der Waals surface area contributed by atoms with E-state index in [1.54, 1.807) is 6.20 Å². The second kappa shape index (κ2) is 7.08. The summed E-state index contributed by atoms with van der Waals surface area (Å²) in [6.45, 7) is 5.19. The van der Waals surface area contributed by atoms with Crippen LogP contribution in [0.25, 0.3) is 0 Å². The Bertz CT molecular complexity index is 932. The van der Waals surface area contributed by atoms with Gasteiger partial charge in [0.15, 0.2) is 0 Å². The minimum Gasteiger partial charge on any atom is -0.368 e. The zero-order valence-corrected chi connectivity index (χ0v) is 15.8. The molecule has 1 fully saturated rings. The molecule has 28 heavy (non-hydrogen) atoms. The molecule has 2 aromatic carbocycles. The topological polar surface area (TPSA) is 42.6 Å². The van der Waals surface area contributed by atoms with Gasteiger partial charge in [-0.2, -0.15) is 0 Å². The number of hydrogen-bond acceptors (Lipinski definition) is 3. The highest BCUT2D eigenvalue weighted by Gasteiger charge is 2.23. The average Bonchev–Trinajstić information content (AvgIpc) is 3.43. The fourth-order valence-electron chi connectivity index (χ4n) is 4.19. The summed E-state index contributed by atoms with van der Waals surface area (Å²) in [5.74, 6) is 0.0913. The molecule has 2 aliphatic rings. The van der Waals surface area contributed by atoms with Crippen molar-refractivity contribution in [3.63, 3.8) is 0 Å². The molecule has 2 aliphatic heterocycles. The maximum Gasteiger partial charge on any atom is 0.270 e.